The number of carbonyl (C=O) groups excluding carboxylic acids is 3. The molecular weight excluding hydrogens is 368 g/mol. The highest BCUT2D eigenvalue weighted by atomic mass is 32.2. The summed E-state index contributed by atoms with van der Waals surface area (Å²) in [6.07, 6.45) is -0.0169. The van der Waals surface area contributed by atoms with E-state index in [1.165, 1.54) is 12.1 Å². The van der Waals surface area contributed by atoms with Crippen molar-refractivity contribution in [3.05, 3.63) is 34.4 Å². The average molecular weight is 384 g/mol. The van der Waals surface area contributed by atoms with Crippen molar-refractivity contribution in [3.63, 3.8) is 0 Å². The molecule has 1 fully saturated rings. The second-order valence-electron chi connectivity index (χ2n) is 5.44. The van der Waals surface area contributed by atoms with Gasteiger partial charge in [0, 0.05) is 25.5 Å². The highest BCUT2D eigenvalue weighted by Crippen LogP contribution is 2.22. The van der Waals surface area contributed by atoms with Gasteiger partial charge < -0.3 is 5.32 Å². The molecular formula is C14H16N4O7S. The third-order valence-corrected chi connectivity index (χ3v) is 5.08. The van der Waals surface area contributed by atoms with Gasteiger partial charge in [0.05, 0.1) is 4.92 Å². The molecule has 0 bridgehead atoms. The second kappa shape index (κ2) is 8.01. The summed E-state index contributed by atoms with van der Waals surface area (Å²) in [5, 5.41) is 15.4. The van der Waals surface area contributed by atoms with Gasteiger partial charge in [0.2, 0.25) is 27.7 Å². The summed E-state index contributed by atoms with van der Waals surface area (Å²) in [4.78, 5) is 44.0. The van der Waals surface area contributed by atoms with Crippen LogP contribution in [0, 0.1) is 10.1 Å². The van der Waals surface area contributed by atoms with E-state index in [0.717, 1.165) is 12.1 Å². The van der Waals surface area contributed by atoms with Gasteiger partial charge in [0.25, 0.3) is 5.69 Å². The van der Waals surface area contributed by atoms with Gasteiger partial charge in [-0.2, -0.15) is 0 Å². The van der Waals surface area contributed by atoms with Crippen LogP contribution in [0.3, 0.4) is 0 Å². The number of sulfonamides is 1. The van der Waals surface area contributed by atoms with Crippen LogP contribution in [0.25, 0.3) is 0 Å². The van der Waals surface area contributed by atoms with E-state index in [1.807, 2.05) is 0 Å². The molecule has 0 radical (unpaired) electrons. The molecule has 1 aromatic rings. The molecule has 140 valence electrons. The Kier molecular flexibility index (Phi) is 6.00. The van der Waals surface area contributed by atoms with Gasteiger partial charge in [0.15, 0.2) is 4.90 Å². The van der Waals surface area contributed by atoms with Gasteiger partial charge >= 0.3 is 0 Å². The fraction of sp³-hybridized carbons (Fsp3) is 0.357. The standard InChI is InChI=1S/C14H16N4O7S/c19-12-6-5-9(14(21)17-12)16-13(20)7-8-15-26(24,25)11-4-2-1-3-10(11)18(22)23/h1-4,9,15H,5-8H2,(H,16,20)(H,17,19,21). The number of imide groups is 1. The molecule has 1 atom stereocenters. The lowest BCUT2D eigenvalue weighted by molar-refractivity contribution is -0.387. The van der Waals surface area contributed by atoms with Crippen molar-refractivity contribution in [1.82, 2.24) is 15.4 Å². The number of nitro benzene ring substituents is 1. The van der Waals surface area contributed by atoms with Crippen LogP contribution >= 0.6 is 0 Å². The Morgan fingerprint density at radius 1 is 1.31 bits per heavy atom. The van der Waals surface area contributed by atoms with Gasteiger partial charge in [-0.3, -0.25) is 29.8 Å². The van der Waals surface area contributed by atoms with Crippen molar-refractivity contribution < 1.29 is 27.7 Å². The van der Waals surface area contributed by atoms with E-state index in [0.29, 0.717) is 0 Å². The molecule has 1 heterocycles. The predicted molar refractivity (Wildman–Crippen MR) is 87.2 cm³/mol. The van der Waals surface area contributed by atoms with Crippen LogP contribution in [0.4, 0.5) is 5.69 Å². The fourth-order valence-corrected chi connectivity index (χ4v) is 3.51. The van der Waals surface area contributed by atoms with E-state index in [1.54, 1.807) is 0 Å². The van der Waals surface area contributed by atoms with Crippen LogP contribution in [0.1, 0.15) is 19.3 Å². The molecule has 0 saturated carbocycles. The smallest absolute Gasteiger partial charge is 0.289 e. The number of rotatable bonds is 7. The number of hydrogen-bond donors (Lipinski definition) is 3. The molecule has 12 heteroatoms. The molecule has 3 amide bonds. The van der Waals surface area contributed by atoms with E-state index < -0.39 is 49.3 Å². The van der Waals surface area contributed by atoms with E-state index in [2.05, 4.69) is 15.4 Å². The maximum atomic E-state index is 12.2. The first-order chi connectivity index (χ1) is 12.2. The van der Waals surface area contributed by atoms with Crippen LogP contribution in [0.2, 0.25) is 0 Å². The summed E-state index contributed by atoms with van der Waals surface area (Å²) in [5.41, 5.74) is -0.576. The molecule has 3 N–H and O–H groups in total. The number of hydrogen-bond acceptors (Lipinski definition) is 7. The van der Waals surface area contributed by atoms with Crippen LogP contribution < -0.4 is 15.4 Å². The van der Waals surface area contributed by atoms with Gasteiger partial charge in [-0.15, -0.1) is 0 Å². The highest BCUT2D eigenvalue weighted by molar-refractivity contribution is 7.89. The molecule has 1 unspecified atom stereocenters. The Balaban J connectivity index is 1.91. The minimum Gasteiger partial charge on any atom is -0.344 e. The first-order valence-electron chi connectivity index (χ1n) is 7.57. The minimum atomic E-state index is -4.18. The molecule has 0 spiro atoms. The molecule has 0 aromatic heterocycles. The quantitative estimate of drug-likeness (QED) is 0.314. The zero-order valence-electron chi connectivity index (χ0n) is 13.4. The zero-order valence-corrected chi connectivity index (χ0v) is 14.2. The number of carbonyl (C=O) groups is 3. The van der Waals surface area contributed by atoms with Crippen molar-refractivity contribution in [2.45, 2.75) is 30.2 Å². The predicted octanol–water partition coefficient (Wildman–Crippen LogP) is -0.815. The molecule has 11 nitrogen and oxygen atoms in total. The summed E-state index contributed by atoms with van der Waals surface area (Å²) >= 11 is 0. The molecule has 1 aromatic carbocycles. The van der Waals surface area contributed by atoms with Crippen molar-refractivity contribution >= 4 is 33.4 Å². The van der Waals surface area contributed by atoms with Crippen molar-refractivity contribution in [2.24, 2.45) is 0 Å². The molecule has 1 aliphatic heterocycles. The van der Waals surface area contributed by atoms with Crippen LogP contribution in [-0.4, -0.2) is 43.6 Å². The highest BCUT2D eigenvalue weighted by Gasteiger charge is 2.28. The van der Waals surface area contributed by atoms with Crippen LogP contribution in [-0.2, 0) is 24.4 Å². The lowest BCUT2D eigenvalue weighted by Gasteiger charge is -2.21. The van der Waals surface area contributed by atoms with Gasteiger partial charge in [-0.05, 0) is 12.5 Å². The largest absolute Gasteiger partial charge is 0.344 e. The molecule has 0 aliphatic carbocycles. The van der Waals surface area contributed by atoms with E-state index in [-0.39, 0.29) is 25.8 Å². The minimum absolute atomic E-state index is 0.0982. The third kappa shape index (κ3) is 4.83. The third-order valence-electron chi connectivity index (χ3n) is 3.57. The Labute approximate surface area is 148 Å². The SMILES string of the molecule is O=C1CCC(NC(=O)CCNS(=O)(=O)c2ccccc2[N+](=O)[O-])C(=O)N1. The Morgan fingerprint density at radius 3 is 2.65 bits per heavy atom. The summed E-state index contributed by atoms with van der Waals surface area (Å²) in [7, 11) is -4.18. The summed E-state index contributed by atoms with van der Waals surface area (Å²) in [6, 6.07) is 3.97. The first kappa shape index (κ1) is 19.5. The number of piperidine rings is 1. The maximum Gasteiger partial charge on any atom is 0.289 e. The van der Waals surface area contributed by atoms with E-state index in [4.69, 9.17) is 0 Å². The van der Waals surface area contributed by atoms with Gasteiger partial charge in [-0.25, -0.2) is 13.1 Å². The zero-order chi connectivity index (χ0) is 19.3. The summed E-state index contributed by atoms with van der Waals surface area (Å²) in [5.74, 6) is -1.63. The first-order valence-corrected chi connectivity index (χ1v) is 9.05. The number of nitrogens with zero attached hydrogens (tertiary/aromatic N) is 1. The van der Waals surface area contributed by atoms with Crippen LogP contribution in [0.15, 0.2) is 29.2 Å². The van der Waals surface area contributed by atoms with Crippen molar-refractivity contribution in [2.75, 3.05) is 6.54 Å². The number of nitro groups is 1. The topological polar surface area (TPSA) is 165 Å². The number of benzene rings is 1. The van der Waals surface area contributed by atoms with E-state index in [9.17, 15) is 32.9 Å². The Bertz CT molecular complexity index is 853. The lowest BCUT2D eigenvalue weighted by atomic mass is 10.1. The molecule has 26 heavy (non-hydrogen) atoms. The number of para-hydroxylation sites is 1. The number of amides is 3. The van der Waals surface area contributed by atoms with Gasteiger partial charge in [-0.1, -0.05) is 12.1 Å². The fourth-order valence-electron chi connectivity index (χ4n) is 2.31. The normalized spacial score (nSPS) is 17.5. The molecule has 1 aliphatic rings. The summed E-state index contributed by atoms with van der Waals surface area (Å²) in [6.45, 7) is -0.312. The van der Waals surface area contributed by atoms with Gasteiger partial charge in [0.1, 0.15) is 6.04 Å². The maximum absolute atomic E-state index is 12.2. The van der Waals surface area contributed by atoms with Crippen molar-refractivity contribution in [3.8, 4) is 0 Å². The monoisotopic (exact) mass is 384 g/mol. The molecule has 2 rings (SSSR count). The second-order valence-corrected chi connectivity index (χ2v) is 7.18. The average Bonchev–Trinajstić information content (AvgIpc) is 2.57. The van der Waals surface area contributed by atoms with Crippen molar-refractivity contribution in [1.29, 1.82) is 0 Å². The van der Waals surface area contributed by atoms with E-state index >= 15 is 0 Å². The Morgan fingerprint density at radius 2 is 2.00 bits per heavy atom. The Hall–Kier alpha value is -2.86. The number of nitrogens with one attached hydrogen (secondary N) is 3. The lowest BCUT2D eigenvalue weighted by Crippen LogP contribution is -2.52. The molecule has 1 saturated heterocycles. The van der Waals surface area contributed by atoms with Crippen LogP contribution in [0.5, 0.6) is 0 Å². The summed E-state index contributed by atoms with van der Waals surface area (Å²) < 4.78 is 26.4.